The van der Waals surface area contributed by atoms with Gasteiger partial charge >= 0.3 is 0 Å². The van der Waals surface area contributed by atoms with Crippen molar-refractivity contribution in [3.05, 3.63) is 52.3 Å². The quantitative estimate of drug-likeness (QED) is 0.846. The third-order valence-corrected chi connectivity index (χ3v) is 2.95. The molecule has 6 heteroatoms. The summed E-state index contributed by atoms with van der Waals surface area (Å²) in [6.07, 6.45) is 1.57. The van der Waals surface area contributed by atoms with E-state index in [1.807, 2.05) is 6.92 Å². The monoisotopic (exact) mass is 284 g/mol. The third kappa shape index (κ3) is 2.93. The molecular weight excluding hydrogens is 274 g/mol. The fourth-order valence-electron chi connectivity index (χ4n) is 1.65. The van der Waals surface area contributed by atoms with Gasteiger partial charge in [0.1, 0.15) is 0 Å². The molecule has 0 atom stereocenters. The van der Waals surface area contributed by atoms with E-state index in [2.05, 4.69) is 10.3 Å². The molecule has 1 heterocycles. The normalized spacial score (nSPS) is 10.5. The van der Waals surface area contributed by atoms with Crippen LogP contribution in [0.15, 0.2) is 24.4 Å². The van der Waals surface area contributed by atoms with Crippen molar-refractivity contribution in [1.29, 1.82) is 0 Å². The van der Waals surface area contributed by atoms with Gasteiger partial charge < -0.3 is 10.4 Å². The average Bonchev–Trinajstić information content (AvgIpc) is 2.35. The van der Waals surface area contributed by atoms with Gasteiger partial charge in [0, 0.05) is 12.7 Å². The highest BCUT2D eigenvalue weighted by Gasteiger charge is 2.10. The fourth-order valence-corrected chi connectivity index (χ4v) is 1.92. The Labute approximate surface area is 113 Å². The van der Waals surface area contributed by atoms with Crippen molar-refractivity contribution < 1.29 is 13.9 Å². The lowest BCUT2D eigenvalue weighted by Gasteiger charge is -2.11. The van der Waals surface area contributed by atoms with E-state index in [0.717, 1.165) is 17.7 Å². The summed E-state index contributed by atoms with van der Waals surface area (Å²) in [7, 11) is 0. The highest BCUT2D eigenvalue weighted by molar-refractivity contribution is 6.32. The largest absolute Gasteiger partial charge is 0.503 e. The van der Waals surface area contributed by atoms with Crippen LogP contribution < -0.4 is 5.32 Å². The third-order valence-electron chi connectivity index (χ3n) is 2.66. The molecule has 0 saturated carbocycles. The predicted octanol–water partition coefficient (Wildman–Crippen LogP) is 3.64. The molecule has 3 nitrogen and oxygen atoms in total. The maximum absolute atomic E-state index is 13.2. The lowest BCUT2D eigenvalue weighted by molar-refractivity contribution is 0.395. The fraction of sp³-hybridized carbons (Fsp3) is 0.154. The summed E-state index contributed by atoms with van der Waals surface area (Å²) in [5.41, 5.74) is 1.84. The van der Waals surface area contributed by atoms with Gasteiger partial charge in [-0.15, -0.1) is 0 Å². The number of aromatic hydroxyl groups is 1. The molecule has 2 rings (SSSR count). The highest BCUT2D eigenvalue weighted by Crippen LogP contribution is 2.25. The molecule has 0 fully saturated rings. The number of rotatable bonds is 3. The number of benzene rings is 1. The van der Waals surface area contributed by atoms with Gasteiger partial charge in [-0.2, -0.15) is 0 Å². The maximum Gasteiger partial charge on any atom is 0.187 e. The first-order valence-corrected chi connectivity index (χ1v) is 5.88. The Morgan fingerprint density at radius 2 is 1.95 bits per heavy atom. The van der Waals surface area contributed by atoms with Crippen LogP contribution in [-0.2, 0) is 6.54 Å². The van der Waals surface area contributed by atoms with Gasteiger partial charge in [-0.1, -0.05) is 11.6 Å². The van der Waals surface area contributed by atoms with E-state index >= 15 is 0 Å². The van der Waals surface area contributed by atoms with Gasteiger partial charge in [0.15, 0.2) is 22.5 Å². The minimum Gasteiger partial charge on any atom is -0.503 e. The minimum absolute atomic E-state index is 0.167. The first-order chi connectivity index (χ1) is 8.99. The molecule has 2 N–H and O–H groups in total. The van der Waals surface area contributed by atoms with Crippen LogP contribution in [0.25, 0.3) is 0 Å². The van der Waals surface area contributed by atoms with Gasteiger partial charge in [0.05, 0.1) is 5.69 Å². The standard InChI is InChI=1S/C13H11ClF2N2O/c1-7-2-3-17-13(14)11(7)18-6-8-4-9(15)12(19)10(16)5-8/h2-5,18-19H,6H2,1H3. The minimum atomic E-state index is -0.995. The number of nitrogens with zero attached hydrogens (tertiary/aromatic N) is 1. The Morgan fingerprint density at radius 3 is 2.53 bits per heavy atom. The SMILES string of the molecule is Cc1ccnc(Cl)c1NCc1cc(F)c(O)c(F)c1. The second-order valence-corrected chi connectivity index (χ2v) is 4.41. The van der Waals surface area contributed by atoms with E-state index in [1.54, 1.807) is 12.3 Å². The van der Waals surface area contributed by atoms with Crippen molar-refractivity contribution in [2.45, 2.75) is 13.5 Å². The first kappa shape index (κ1) is 13.5. The summed E-state index contributed by atoms with van der Waals surface area (Å²) in [4.78, 5) is 3.92. The Balaban J connectivity index is 2.19. The molecule has 0 saturated heterocycles. The second-order valence-electron chi connectivity index (χ2n) is 4.06. The summed E-state index contributed by atoms with van der Waals surface area (Å²) in [5, 5.41) is 12.3. The van der Waals surface area contributed by atoms with Crippen LogP contribution in [0, 0.1) is 18.6 Å². The molecule has 1 aromatic carbocycles. The molecule has 100 valence electrons. The second kappa shape index (κ2) is 5.40. The molecule has 0 aliphatic rings. The summed E-state index contributed by atoms with van der Waals surface area (Å²) in [6, 6.07) is 3.89. The topological polar surface area (TPSA) is 45.2 Å². The number of aromatic nitrogens is 1. The summed E-state index contributed by atoms with van der Waals surface area (Å²) < 4.78 is 26.3. The molecule has 0 bridgehead atoms. The van der Waals surface area contributed by atoms with Gasteiger partial charge in [-0.25, -0.2) is 13.8 Å². The number of hydrogen-bond acceptors (Lipinski definition) is 3. The molecule has 2 aromatic rings. The highest BCUT2D eigenvalue weighted by atomic mass is 35.5. The van der Waals surface area contributed by atoms with Crippen molar-refractivity contribution in [3.63, 3.8) is 0 Å². The Kier molecular flexibility index (Phi) is 3.85. The van der Waals surface area contributed by atoms with Gasteiger partial charge in [-0.05, 0) is 36.2 Å². The Hall–Kier alpha value is -1.88. The lowest BCUT2D eigenvalue weighted by atomic mass is 10.2. The van der Waals surface area contributed by atoms with E-state index < -0.39 is 17.4 Å². The number of halogens is 3. The number of nitrogens with one attached hydrogen (secondary N) is 1. The molecule has 0 unspecified atom stereocenters. The summed E-state index contributed by atoms with van der Waals surface area (Å²) in [5.74, 6) is -2.96. The van der Waals surface area contributed by atoms with Crippen LogP contribution in [0.3, 0.4) is 0 Å². The predicted molar refractivity (Wildman–Crippen MR) is 69.3 cm³/mol. The van der Waals surface area contributed by atoms with Crippen LogP contribution in [0.5, 0.6) is 5.75 Å². The van der Waals surface area contributed by atoms with E-state index in [0.29, 0.717) is 16.4 Å². The number of phenols is 1. The van der Waals surface area contributed by atoms with Crippen LogP contribution >= 0.6 is 11.6 Å². The molecule has 0 aliphatic heterocycles. The van der Waals surface area contributed by atoms with Crippen molar-refractivity contribution in [2.75, 3.05) is 5.32 Å². The van der Waals surface area contributed by atoms with Crippen LogP contribution in [0.4, 0.5) is 14.5 Å². The number of aryl methyl sites for hydroxylation is 1. The van der Waals surface area contributed by atoms with Gasteiger partial charge in [-0.3, -0.25) is 0 Å². The number of phenolic OH excluding ortho intramolecular Hbond substituents is 1. The van der Waals surface area contributed by atoms with Gasteiger partial charge in [0.25, 0.3) is 0 Å². The molecule has 0 amide bonds. The average molecular weight is 285 g/mol. The van der Waals surface area contributed by atoms with Crippen LogP contribution in [-0.4, -0.2) is 10.1 Å². The Morgan fingerprint density at radius 1 is 1.32 bits per heavy atom. The molecule has 19 heavy (non-hydrogen) atoms. The van der Waals surface area contributed by atoms with Crippen LogP contribution in [0.2, 0.25) is 5.15 Å². The summed E-state index contributed by atoms with van der Waals surface area (Å²) in [6.45, 7) is 2.01. The lowest BCUT2D eigenvalue weighted by Crippen LogP contribution is -2.03. The molecule has 0 aliphatic carbocycles. The smallest absolute Gasteiger partial charge is 0.187 e. The van der Waals surface area contributed by atoms with Crippen molar-refractivity contribution in [1.82, 2.24) is 4.98 Å². The van der Waals surface area contributed by atoms with Crippen molar-refractivity contribution in [3.8, 4) is 5.75 Å². The first-order valence-electron chi connectivity index (χ1n) is 5.51. The van der Waals surface area contributed by atoms with Gasteiger partial charge in [0.2, 0.25) is 0 Å². The van der Waals surface area contributed by atoms with E-state index in [4.69, 9.17) is 16.7 Å². The van der Waals surface area contributed by atoms with E-state index in [-0.39, 0.29) is 6.54 Å². The van der Waals surface area contributed by atoms with E-state index in [9.17, 15) is 8.78 Å². The summed E-state index contributed by atoms with van der Waals surface area (Å²) >= 11 is 5.92. The number of pyridine rings is 1. The zero-order valence-corrected chi connectivity index (χ0v) is 10.8. The van der Waals surface area contributed by atoms with Crippen molar-refractivity contribution >= 4 is 17.3 Å². The molecule has 1 aromatic heterocycles. The van der Waals surface area contributed by atoms with Crippen LogP contribution in [0.1, 0.15) is 11.1 Å². The maximum atomic E-state index is 13.2. The van der Waals surface area contributed by atoms with Crippen molar-refractivity contribution in [2.24, 2.45) is 0 Å². The molecule has 0 radical (unpaired) electrons. The number of hydrogen-bond donors (Lipinski definition) is 2. The zero-order chi connectivity index (χ0) is 14.0. The number of anilines is 1. The zero-order valence-electron chi connectivity index (χ0n) is 10.0. The Bertz CT molecular complexity index is 576. The molecule has 0 spiro atoms. The van der Waals surface area contributed by atoms with E-state index in [1.165, 1.54) is 0 Å². The molecular formula is C13H11ClF2N2O.